The number of hydrogen-bond donors (Lipinski definition) is 1. The summed E-state index contributed by atoms with van der Waals surface area (Å²) in [6.07, 6.45) is 6.78. The highest BCUT2D eigenvalue weighted by molar-refractivity contribution is 5.85. The fourth-order valence-electron chi connectivity index (χ4n) is 1.26. The third kappa shape index (κ3) is 5.08. The second-order valence-corrected chi connectivity index (χ2v) is 2.87. The van der Waals surface area contributed by atoms with Crippen LogP contribution in [0.15, 0.2) is 0 Å². The summed E-state index contributed by atoms with van der Waals surface area (Å²) < 4.78 is 0. The molecule has 1 saturated heterocycles. The normalized spacial score (nSPS) is 20.2. The summed E-state index contributed by atoms with van der Waals surface area (Å²) in [7, 11) is 0. The van der Waals surface area contributed by atoms with Gasteiger partial charge in [0.15, 0.2) is 0 Å². The first-order valence-corrected chi connectivity index (χ1v) is 4.16. The van der Waals surface area contributed by atoms with Crippen molar-refractivity contribution in [2.75, 3.05) is 6.54 Å². The molecule has 1 fully saturated rings. The third-order valence-corrected chi connectivity index (χ3v) is 1.90. The average Bonchev–Trinajstić information content (AvgIpc) is 2.02. The number of carbonyl (C=O) groups excluding carboxylic acids is 1. The van der Waals surface area contributed by atoms with Crippen molar-refractivity contribution in [2.45, 2.75) is 38.5 Å². The smallest absolute Gasteiger partial charge is 0.219 e. The highest BCUT2D eigenvalue weighted by Crippen LogP contribution is 2.06. The molecule has 0 saturated carbocycles. The van der Waals surface area contributed by atoms with Gasteiger partial charge in [-0.3, -0.25) is 4.79 Å². The Morgan fingerprint density at radius 2 is 1.64 bits per heavy atom. The van der Waals surface area contributed by atoms with Crippen LogP contribution in [0.3, 0.4) is 0 Å². The minimum Gasteiger partial charge on any atom is -0.356 e. The molecule has 0 radical (unpaired) electrons. The maximum absolute atomic E-state index is 10.9. The van der Waals surface area contributed by atoms with Crippen LogP contribution in [0.25, 0.3) is 0 Å². The monoisotopic (exact) mass is 177 g/mol. The van der Waals surface area contributed by atoms with Crippen LogP contribution < -0.4 is 5.32 Å². The number of hydrogen-bond acceptors (Lipinski definition) is 1. The van der Waals surface area contributed by atoms with Crippen LogP contribution in [0.5, 0.6) is 0 Å². The molecule has 2 nitrogen and oxygen atoms in total. The second kappa shape index (κ2) is 6.47. The van der Waals surface area contributed by atoms with Crippen molar-refractivity contribution >= 4 is 18.3 Å². The molecule has 0 aliphatic carbocycles. The first kappa shape index (κ1) is 10.8. The lowest BCUT2D eigenvalue weighted by Crippen LogP contribution is -2.23. The number of nitrogens with one attached hydrogen (secondary N) is 1. The molecule has 1 aliphatic rings. The Labute approximate surface area is 74.2 Å². The first-order chi connectivity index (χ1) is 4.89. The van der Waals surface area contributed by atoms with Crippen molar-refractivity contribution < 1.29 is 4.79 Å². The van der Waals surface area contributed by atoms with Gasteiger partial charge in [-0.1, -0.05) is 19.3 Å². The summed E-state index contributed by atoms with van der Waals surface area (Å²) in [5.41, 5.74) is 0. The number of carbonyl (C=O) groups is 1. The Hall–Kier alpha value is -0.240. The van der Waals surface area contributed by atoms with Crippen LogP contribution in [0, 0.1) is 0 Å². The Morgan fingerprint density at radius 3 is 2.45 bits per heavy atom. The number of amides is 1. The minimum absolute atomic E-state index is 0. The fraction of sp³-hybridized carbons (Fsp3) is 0.875. The Kier molecular flexibility index (Phi) is 6.33. The Balaban J connectivity index is 0.000001000. The lowest BCUT2D eigenvalue weighted by Gasteiger charge is -1.99. The molecule has 0 aromatic carbocycles. The summed E-state index contributed by atoms with van der Waals surface area (Å²) >= 11 is 0. The largest absolute Gasteiger partial charge is 0.356 e. The number of rotatable bonds is 0. The van der Waals surface area contributed by atoms with Gasteiger partial charge in [0.25, 0.3) is 0 Å². The van der Waals surface area contributed by atoms with Crippen LogP contribution in [0.2, 0.25) is 0 Å². The highest BCUT2D eigenvalue weighted by atomic mass is 35.5. The predicted molar refractivity (Wildman–Crippen MR) is 48.0 cm³/mol. The van der Waals surface area contributed by atoms with Gasteiger partial charge in [0.05, 0.1) is 0 Å². The van der Waals surface area contributed by atoms with Gasteiger partial charge in [0, 0.05) is 13.0 Å². The van der Waals surface area contributed by atoms with E-state index in [4.69, 9.17) is 0 Å². The Bertz CT molecular complexity index is 105. The lowest BCUT2D eigenvalue weighted by molar-refractivity contribution is -0.121. The quantitative estimate of drug-likeness (QED) is 0.602. The van der Waals surface area contributed by atoms with Crippen LogP contribution in [0.4, 0.5) is 0 Å². The van der Waals surface area contributed by atoms with Crippen molar-refractivity contribution in [1.82, 2.24) is 5.32 Å². The van der Waals surface area contributed by atoms with E-state index >= 15 is 0 Å². The molecule has 1 heterocycles. The summed E-state index contributed by atoms with van der Waals surface area (Å²) in [6.45, 7) is 0.888. The molecule has 1 amide bonds. The van der Waals surface area contributed by atoms with E-state index < -0.39 is 0 Å². The van der Waals surface area contributed by atoms with Gasteiger partial charge in [-0.25, -0.2) is 0 Å². The van der Waals surface area contributed by atoms with Crippen LogP contribution in [-0.2, 0) is 4.79 Å². The van der Waals surface area contributed by atoms with Crippen molar-refractivity contribution in [2.24, 2.45) is 0 Å². The fourth-order valence-corrected chi connectivity index (χ4v) is 1.26. The molecule has 1 rings (SSSR count). The molecular formula is C8H16ClNO. The van der Waals surface area contributed by atoms with Crippen LogP contribution in [-0.4, -0.2) is 12.5 Å². The van der Waals surface area contributed by atoms with E-state index in [2.05, 4.69) is 5.32 Å². The zero-order valence-electron chi connectivity index (χ0n) is 6.77. The van der Waals surface area contributed by atoms with E-state index in [1.807, 2.05) is 0 Å². The maximum Gasteiger partial charge on any atom is 0.219 e. The van der Waals surface area contributed by atoms with E-state index in [0.717, 1.165) is 25.8 Å². The molecule has 11 heavy (non-hydrogen) atoms. The summed E-state index contributed by atoms with van der Waals surface area (Å²) in [5, 5.41) is 2.89. The molecule has 1 aliphatic heterocycles. The summed E-state index contributed by atoms with van der Waals surface area (Å²) in [6, 6.07) is 0. The van der Waals surface area contributed by atoms with E-state index in [1.165, 1.54) is 19.3 Å². The van der Waals surface area contributed by atoms with Gasteiger partial charge in [-0.15, -0.1) is 12.4 Å². The number of halogens is 1. The predicted octanol–water partition coefficient (Wildman–Crippen LogP) is 1.88. The first-order valence-electron chi connectivity index (χ1n) is 4.16. The van der Waals surface area contributed by atoms with E-state index in [-0.39, 0.29) is 18.3 Å². The van der Waals surface area contributed by atoms with Crippen LogP contribution in [0.1, 0.15) is 38.5 Å². The van der Waals surface area contributed by atoms with Gasteiger partial charge in [-0.2, -0.15) is 0 Å². The summed E-state index contributed by atoms with van der Waals surface area (Å²) in [5.74, 6) is 0.238. The maximum atomic E-state index is 10.9. The molecule has 66 valence electrons. The van der Waals surface area contributed by atoms with E-state index in [0.29, 0.717) is 0 Å². The van der Waals surface area contributed by atoms with Gasteiger partial charge < -0.3 is 5.32 Å². The molecule has 1 N–H and O–H groups in total. The van der Waals surface area contributed by atoms with Crippen molar-refractivity contribution in [3.05, 3.63) is 0 Å². The topological polar surface area (TPSA) is 29.1 Å². The van der Waals surface area contributed by atoms with E-state index in [9.17, 15) is 4.79 Å². The SMILES string of the molecule is Cl.O=C1CCCCCCCN1. The molecule has 3 heteroatoms. The molecule has 0 unspecified atom stereocenters. The minimum atomic E-state index is 0. The highest BCUT2D eigenvalue weighted by Gasteiger charge is 2.02. The van der Waals surface area contributed by atoms with Crippen LogP contribution >= 0.6 is 12.4 Å². The molecule has 0 atom stereocenters. The average molecular weight is 178 g/mol. The van der Waals surface area contributed by atoms with Gasteiger partial charge >= 0.3 is 0 Å². The van der Waals surface area contributed by atoms with Crippen molar-refractivity contribution in [1.29, 1.82) is 0 Å². The zero-order chi connectivity index (χ0) is 7.23. The molecule has 0 aromatic heterocycles. The zero-order valence-corrected chi connectivity index (χ0v) is 7.58. The van der Waals surface area contributed by atoms with Gasteiger partial charge in [-0.05, 0) is 12.8 Å². The standard InChI is InChI=1S/C8H15NO.ClH/c10-8-6-4-2-1-3-5-7-9-8;/h1-7H2,(H,9,10);1H. The second-order valence-electron chi connectivity index (χ2n) is 2.87. The molecular weight excluding hydrogens is 162 g/mol. The van der Waals surface area contributed by atoms with Gasteiger partial charge in [0.1, 0.15) is 0 Å². The molecule has 0 aromatic rings. The molecule has 0 spiro atoms. The van der Waals surface area contributed by atoms with Crippen molar-refractivity contribution in [3.8, 4) is 0 Å². The van der Waals surface area contributed by atoms with Crippen molar-refractivity contribution in [3.63, 3.8) is 0 Å². The summed E-state index contributed by atoms with van der Waals surface area (Å²) in [4.78, 5) is 10.9. The van der Waals surface area contributed by atoms with E-state index in [1.54, 1.807) is 0 Å². The third-order valence-electron chi connectivity index (χ3n) is 1.90. The Morgan fingerprint density at radius 1 is 1.00 bits per heavy atom. The molecule has 0 bridgehead atoms. The lowest BCUT2D eigenvalue weighted by atomic mass is 10.1. The van der Waals surface area contributed by atoms with Gasteiger partial charge in [0.2, 0.25) is 5.91 Å².